The summed E-state index contributed by atoms with van der Waals surface area (Å²) in [4.78, 5) is 11.1. The van der Waals surface area contributed by atoms with Gasteiger partial charge in [0, 0.05) is 12.1 Å². The molecule has 8 nitrogen and oxygen atoms in total. The SMILES string of the molecule is Nc1nnn(-c2ccc([N+](=O)[O-])cc2)n1. The molecule has 0 saturated carbocycles. The molecule has 0 unspecified atom stereocenters. The molecular formula is C7H6N6O2. The van der Waals surface area contributed by atoms with Crippen LogP contribution in [0.15, 0.2) is 24.3 Å². The second kappa shape index (κ2) is 3.33. The molecule has 8 heteroatoms. The van der Waals surface area contributed by atoms with Crippen LogP contribution < -0.4 is 5.73 Å². The van der Waals surface area contributed by atoms with E-state index in [2.05, 4.69) is 15.4 Å². The van der Waals surface area contributed by atoms with Crippen LogP contribution in [-0.2, 0) is 0 Å². The maximum absolute atomic E-state index is 10.4. The van der Waals surface area contributed by atoms with Crippen LogP contribution in [0.3, 0.4) is 0 Å². The highest BCUT2D eigenvalue weighted by atomic mass is 16.6. The molecule has 0 atom stereocenters. The summed E-state index contributed by atoms with van der Waals surface area (Å²) < 4.78 is 0. The van der Waals surface area contributed by atoms with E-state index in [1.165, 1.54) is 29.1 Å². The van der Waals surface area contributed by atoms with Crippen molar-refractivity contribution in [1.82, 2.24) is 20.2 Å². The van der Waals surface area contributed by atoms with Gasteiger partial charge in [-0.25, -0.2) is 0 Å². The molecule has 2 N–H and O–H groups in total. The topological polar surface area (TPSA) is 113 Å². The van der Waals surface area contributed by atoms with E-state index in [-0.39, 0.29) is 11.6 Å². The molecule has 0 aliphatic rings. The zero-order valence-corrected chi connectivity index (χ0v) is 7.44. The summed E-state index contributed by atoms with van der Waals surface area (Å²) in [5, 5.41) is 21.3. The summed E-state index contributed by atoms with van der Waals surface area (Å²) in [5.74, 6) is 0.0494. The van der Waals surface area contributed by atoms with E-state index in [1.54, 1.807) is 0 Å². The van der Waals surface area contributed by atoms with Crippen molar-refractivity contribution in [1.29, 1.82) is 0 Å². The standard InChI is InChI=1S/C7H6N6O2/c8-7-9-11-12(10-7)5-1-3-6(4-2-5)13(14)15/h1-4H,(H2,8,10). The molecule has 2 aromatic rings. The van der Waals surface area contributed by atoms with E-state index in [4.69, 9.17) is 5.73 Å². The average Bonchev–Trinajstić information content (AvgIpc) is 2.65. The van der Waals surface area contributed by atoms with Gasteiger partial charge in [-0.3, -0.25) is 10.1 Å². The molecule has 1 heterocycles. The van der Waals surface area contributed by atoms with E-state index < -0.39 is 4.92 Å². The minimum atomic E-state index is -0.479. The summed E-state index contributed by atoms with van der Waals surface area (Å²) in [6.45, 7) is 0. The fourth-order valence-electron chi connectivity index (χ4n) is 1.04. The number of non-ortho nitro benzene ring substituents is 1. The van der Waals surface area contributed by atoms with Crippen LogP contribution in [-0.4, -0.2) is 25.1 Å². The Labute approximate surface area is 83.5 Å². The zero-order valence-electron chi connectivity index (χ0n) is 7.44. The fourth-order valence-corrected chi connectivity index (χ4v) is 1.04. The molecule has 0 aliphatic carbocycles. The largest absolute Gasteiger partial charge is 0.365 e. The molecule has 0 bridgehead atoms. The number of rotatable bonds is 2. The Morgan fingerprint density at radius 1 is 1.33 bits per heavy atom. The van der Waals surface area contributed by atoms with E-state index in [0.29, 0.717) is 5.69 Å². The van der Waals surface area contributed by atoms with Crippen LogP contribution in [0.2, 0.25) is 0 Å². The first-order chi connectivity index (χ1) is 7.16. The lowest BCUT2D eigenvalue weighted by molar-refractivity contribution is -0.384. The predicted molar refractivity (Wildman–Crippen MR) is 50.2 cm³/mol. The van der Waals surface area contributed by atoms with Crippen LogP contribution in [0.4, 0.5) is 11.6 Å². The second-order valence-corrected chi connectivity index (χ2v) is 2.71. The Bertz CT molecular complexity index is 490. The highest BCUT2D eigenvalue weighted by Gasteiger charge is 2.06. The smallest absolute Gasteiger partial charge is 0.269 e. The van der Waals surface area contributed by atoms with Gasteiger partial charge in [0.15, 0.2) is 0 Å². The number of tetrazole rings is 1. The molecule has 0 saturated heterocycles. The first-order valence-electron chi connectivity index (χ1n) is 3.97. The number of nitrogens with two attached hydrogens (primary N) is 1. The van der Waals surface area contributed by atoms with Gasteiger partial charge in [0.05, 0.1) is 10.6 Å². The van der Waals surface area contributed by atoms with Gasteiger partial charge in [0.25, 0.3) is 11.6 Å². The molecule has 0 fully saturated rings. The van der Waals surface area contributed by atoms with Gasteiger partial charge in [0.1, 0.15) is 0 Å². The van der Waals surface area contributed by atoms with Crippen LogP contribution in [0, 0.1) is 10.1 Å². The quantitative estimate of drug-likeness (QED) is 0.552. The molecule has 0 radical (unpaired) electrons. The summed E-state index contributed by atoms with van der Waals surface area (Å²) in [6.07, 6.45) is 0. The first-order valence-corrected chi connectivity index (χ1v) is 3.97. The van der Waals surface area contributed by atoms with Gasteiger partial charge in [-0.15, -0.1) is 9.90 Å². The van der Waals surface area contributed by atoms with E-state index in [0.717, 1.165) is 0 Å². The molecule has 15 heavy (non-hydrogen) atoms. The van der Waals surface area contributed by atoms with Crippen molar-refractivity contribution in [2.45, 2.75) is 0 Å². The molecule has 1 aromatic heterocycles. The van der Waals surface area contributed by atoms with Crippen LogP contribution in [0.25, 0.3) is 5.69 Å². The molecule has 0 aliphatic heterocycles. The highest BCUT2D eigenvalue weighted by Crippen LogP contribution is 2.13. The minimum absolute atomic E-state index is 0.00633. The van der Waals surface area contributed by atoms with Gasteiger partial charge < -0.3 is 5.73 Å². The van der Waals surface area contributed by atoms with Gasteiger partial charge >= 0.3 is 0 Å². The lowest BCUT2D eigenvalue weighted by Crippen LogP contribution is -1.99. The fraction of sp³-hybridized carbons (Fsp3) is 0. The average molecular weight is 206 g/mol. The Hall–Kier alpha value is -2.51. The van der Waals surface area contributed by atoms with Crippen molar-refractivity contribution in [3.05, 3.63) is 34.4 Å². The number of aromatic nitrogens is 4. The summed E-state index contributed by atoms with van der Waals surface area (Å²) in [6, 6.07) is 5.74. The summed E-state index contributed by atoms with van der Waals surface area (Å²) in [5.41, 5.74) is 5.85. The van der Waals surface area contributed by atoms with Crippen molar-refractivity contribution >= 4 is 11.6 Å². The van der Waals surface area contributed by atoms with Crippen LogP contribution >= 0.6 is 0 Å². The summed E-state index contributed by atoms with van der Waals surface area (Å²) in [7, 11) is 0. The molecule has 0 amide bonds. The third-order valence-corrected chi connectivity index (χ3v) is 1.72. The van der Waals surface area contributed by atoms with E-state index >= 15 is 0 Å². The number of nitro groups is 1. The predicted octanol–water partition coefficient (Wildman–Crippen LogP) is 0.153. The number of hydrogen-bond acceptors (Lipinski definition) is 6. The number of nitrogens with zero attached hydrogens (tertiary/aromatic N) is 5. The monoisotopic (exact) mass is 206 g/mol. The number of nitro benzene ring substituents is 1. The van der Waals surface area contributed by atoms with Crippen molar-refractivity contribution in [2.24, 2.45) is 0 Å². The maximum Gasteiger partial charge on any atom is 0.269 e. The molecular weight excluding hydrogens is 200 g/mol. The van der Waals surface area contributed by atoms with Crippen molar-refractivity contribution < 1.29 is 4.92 Å². The minimum Gasteiger partial charge on any atom is -0.365 e. The van der Waals surface area contributed by atoms with Gasteiger partial charge in [-0.1, -0.05) is 5.10 Å². The Kier molecular flexibility index (Phi) is 2.01. The van der Waals surface area contributed by atoms with Gasteiger partial charge in [-0.05, 0) is 17.3 Å². The third-order valence-electron chi connectivity index (χ3n) is 1.72. The van der Waals surface area contributed by atoms with Crippen molar-refractivity contribution in [2.75, 3.05) is 5.73 Å². The van der Waals surface area contributed by atoms with E-state index in [1.807, 2.05) is 0 Å². The van der Waals surface area contributed by atoms with E-state index in [9.17, 15) is 10.1 Å². The maximum atomic E-state index is 10.4. The number of anilines is 1. The lowest BCUT2D eigenvalue weighted by atomic mass is 10.3. The lowest BCUT2D eigenvalue weighted by Gasteiger charge is -1.96. The normalized spacial score (nSPS) is 10.1. The molecule has 2 rings (SSSR count). The first kappa shape index (κ1) is 9.06. The number of nitrogen functional groups attached to an aromatic ring is 1. The van der Waals surface area contributed by atoms with Crippen LogP contribution in [0.5, 0.6) is 0 Å². The third kappa shape index (κ3) is 1.73. The molecule has 1 aromatic carbocycles. The number of hydrogen-bond donors (Lipinski definition) is 1. The van der Waals surface area contributed by atoms with Crippen LogP contribution in [0.1, 0.15) is 0 Å². The van der Waals surface area contributed by atoms with Crippen molar-refractivity contribution in [3.8, 4) is 5.69 Å². The summed E-state index contributed by atoms with van der Waals surface area (Å²) >= 11 is 0. The molecule has 76 valence electrons. The Morgan fingerprint density at radius 3 is 2.47 bits per heavy atom. The molecule has 0 spiro atoms. The zero-order chi connectivity index (χ0) is 10.8. The van der Waals surface area contributed by atoms with Gasteiger partial charge in [-0.2, -0.15) is 0 Å². The van der Waals surface area contributed by atoms with Crippen molar-refractivity contribution in [3.63, 3.8) is 0 Å². The highest BCUT2D eigenvalue weighted by molar-refractivity contribution is 5.39. The second-order valence-electron chi connectivity index (χ2n) is 2.71. The Balaban J connectivity index is 2.35. The Morgan fingerprint density at radius 2 is 2.00 bits per heavy atom. The van der Waals surface area contributed by atoms with Gasteiger partial charge in [0.2, 0.25) is 0 Å². The number of benzene rings is 1.